The first-order chi connectivity index (χ1) is 9.06. The van der Waals surface area contributed by atoms with Gasteiger partial charge in [0.2, 0.25) is 5.91 Å². The Balaban J connectivity index is 2.04. The fourth-order valence-electron chi connectivity index (χ4n) is 1.84. The Morgan fingerprint density at radius 1 is 1.53 bits per heavy atom. The minimum Gasteiger partial charge on any atom is -0.387 e. The van der Waals surface area contributed by atoms with Crippen LogP contribution in [0.25, 0.3) is 0 Å². The summed E-state index contributed by atoms with van der Waals surface area (Å²) in [5.41, 5.74) is 0.653. The number of carbonyl (C=O) groups is 1. The lowest BCUT2D eigenvalue weighted by molar-refractivity contribution is -0.115. The van der Waals surface area contributed by atoms with E-state index in [1.807, 2.05) is 4.90 Å². The molecule has 1 saturated heterocycles. The topological polar surface area (TPSA) is 52.9 Å². The molecule has 1 aromatic carbocycles. The molecule has 1 heterocycles. The molecule has 2 rings (SSSR count). The van der Waals surface area contributed by atoms with Crippen molar-refractivity contribution in [3.8, 4) is 0 Å². The second kappa shape index (κ2) is 6.16. The predicted octanol–water partition coefficient (Wildman–Crippen LogP) is 1.81. The SMILES string of the molecule is CC(=O)N=C1SCCN1CC(O)c1ccc(F)cc1. The van der Waals surface area contributed by atoms with Crippen molar-refractivity contribution < 1.29 is 14.3 Å². The first-order valence-electron chi connectivity index (χ1n) is 5.97. The standard InChI is InChI=1S/C13H15FN2O2S/c1-9(17)15-13-16(6-7-19-13)8-12(18)10-2-4-11(14)5-3-10/h2-5,12,18H,6-8H2,1H3. The zero-order chi connectivity index (χ0) is 13.8. The molecule has 0 radical (unpaired) electrons. The molecule has 0 spiro atoms. The van der Waals surface area contributed by atoms with Gasteiger partial charge in [0.05, 0.1) is 12.6 Å². The summed E-state index contributed by atoms with van der Waals surface area (Å²) in [5, 5.41) is 10.8. The summed E-state index contributed by atoms with van der Waals surface area (Å²) in [6.45, 7) is 2.50. The lowest BCUT2D eigenvalue weighted by atomic mass is 10.1. The number of nitrogens with zero attached hydrogens (tertiary/aromatic N) is 2. The molecule has 4 nitrogen and oxygen atoms in total. The fraction of sp³-hybridized carbons (Fsp3) is 0.385. The van der Waals surface area contributed by atoms with E-state index in [0.717, 1.165) is 12.3 Å². The van der Waals surface area contributed by atoms with E-state index in [2.05, 4.69) is 4.99 Å². The molecule has 1 aliphatic rings. The highest BCUT2D eigenvalue weighted by molar-refractivity contribution is 8.14. The number of hydrogen-bond acceptors (Lipinski definition) is 3. The van der Waals surface area contributed by atoms with E-state index in [9.17, 15) is 14.3 Å². The number of aliphatic hydroxyl groups excluding tert-OH is 1. The van der Waals surface area contributed by atoms with Gasteiger partial charge in [0.15, 0.2) is 5.17 Å². The number of hydrogen-bond donors (Lipinski definition) is 1. The third kappa shape index (κ3) is 3.78. The monoisotopic (exact) mass is 282 g/mol. The molecule has 0 aromatic heterocycles. The Bertz CT molecular complexity index is 490. The smallest absolute Gasteiger partial charge is 0.244 e. The molecular weight excluding hydrogens is 267 g/mol. The molecule has 1 aliphatic heterocycles. The van der Waals surface area contributed by atoms with Gasteiger partial charge in [-0.3, -0.25) is 4.79 Å². The van der Waals surface area contributed by atoms with Gasteiger partial charge in [-0.25, -0.2) is 4.39 Å². The number of aliphatic imine (C=N–C) groups is 1. The van der Waals surface area contributed by atoms with Crippen LogP contribution in [0.5, 0.6) is 0 Å². The molecule has 1 N–H and O–H groups in total. The van der Waals surface area contributed by atoms with E-state index in [4.69, 9.17) is 0 Å². The highest BCUT2D eigenvalue weighted by Crippen LogP contribution is 2.22. The predicted molar refractivity (Wildman–Crippen MR) is 73.5 cm³/mol. The molecule has 1 unspecified atom stereocenters. The second-order valence-electron chi connectivity index (χ2n) is 4.28. The Morgan fingerprint density at radius 3 is 2.84 bits per heavy atom. The summed E-state index contributed by atoms with van der Waals surface area (Å²) < 4.78 is 12.8. The highest BCUT2D eigenvalue weighted by atomic mass is 32.2. The van der Waals surface area contributed by atoms with Gasteiger partial charge in [-0.15, -0.1) is 0 Å². The number of halogens is 1. The summed E-state index contributed by atoms with van der Waals surface area (Å²) in [4.78, 5) is 16.8. The van der Waals surface area contributed by atoms with E-state index in [-0.39, 0.29) is 11.7 Å². The molecule has 6 heteroatoms. The number of carbonyl (C=O) groups excluding carboxylic acids is 1. The molecular formula is C13H15FN2O2S. The Kier molecular flexibility index (Phi) is 4.55. The maximum absolute atomic E-state index is 12.8. The van der Waals surface area contributed by atoms with Crippen molar-refractivity contribution in [1.82, 2.24) is 4.90 Å². The maximum atomic E-state index is 12.8. The van der Waals surface area contributed by atoms with Crippen LogP contribution in [0, 0.1) is 5.82 Å². The van der Waals surface area contributed by atoms with E-state index >= 15 is 0 Å². The van der Waals surface area contributed by atoms with Gasteiger partial charge in [0.1, 0.15) is 5.82 Å². The number of amides is 1. The fourth-order valence-corrected chi connectivity index (χ4v) is 2.88. The van der Waals surface area contributed by atoms with Crippen LogP contribution >= 0.6 is 11.8 Å². The van der Waals surface area contributed by atoms with Crippen molar-refractivity contribution in [1.29, 1.82) is 0 Å². The van der Waals surface area contributed by atoms with Crippen molar-refractivity contribution >= 4 is 22.8 Å². The van der Waals surface area contributed by atoms with Crippen molar-refractivity contribution in [2.75, 3.05) is 18.8 Å². The summed E-state index contributed by atoms with van der Waals surface area (Å²) in [7, 11) is 0. The van der Waals surface area contributed by atoms with Crippen molar-refractivity contribution in [3.05, 3.63) is 35.6 Å². The average Bonchev–Trinajstić information content (AvgIpc) is 2.76. The Hall–Kier alpha value is -1.40. The molecule has 102 valence electrons. The zero-order valence-electron chi connectivity index (χ0n) is 10.5. The zero-order valence-corrected chi connectivity index (χ0v) is 11.4. The van der Waals surface area contributed by atoms with E-state index in [1.54, 1.807) is 12.1 Å². The first kappa shape index (κ1) is 14.0. The third-order valence-corrected chi connectivity index (χ3v) is 3.76. The quantitative estimate of drug-likeness (QED) is 0.918. The number of rotatable bonds is 3. The number of thioether (sulfide) groups is 1. The molecule has 0 bridgehead atoms. The number of β-amino-alcohol motifs (C(OH)–C–C–N with tert-alkyl or cyclic N) is 1. The summed E-state index contributed by atoms with van der Waals surface area (Å²) >= 11 is 1.50. The van der Waals surface area contributed by atoms with Gasteiger partial charge in [-0.2, -0.15) is 4.99 Å². The Labute approximate surface area is 115 Å². The van der Waals surface area contributed by atoms with Crippen molar-refractivity contribution in [3.63, 3.8) is 0 Å². The summed E-state index contributed by atoms with van der Waals surface area (Å²) in [6, 6.07) is 5.76. The molecule has 1 amide bonds. The van der Waals surface area contributed by atoms with Gasteiger partial charge < -0.3 is 10.0 Å². The minimum absolute atomic E-state index is 0.245. The molecule has 0 saturated carbocycles. The summed E-state index contributed by atoms with van der Waals surface area (Å²) in [5.74, 6) is 0.277. The van der Waals surface area contributed by atoms with Crippen molar-refractivity contribution in [2.24, 2.45) is 4.99 Å². The third-order valence-electron chi connectivity index (χ3n) is 2.76. The maximum Gasteiger partial charge on any atom is 0.244 e. The minimum atomic E-state index is -0.726. The van der Waals surface area contributed by atoms with E-state index in [1.165, 1.54) is 30.8 Å². The van der Waals surface area contributed by atoms with Gasteiger partial charge in [-0.05, 0) is 17.7 Å². The van der Waals surface area contributed by atoms with Gasteiger partial charge in [0.25, 0.3) is 0 Å². The number of aliphatic hydroxyl groups is 1. The number of benzene rings is 1. The largest absolute Gasteiger partial charge is 0.387 e. The highest BCUT2D eigenvalue weighted by Gasteiger charge is 2.23. The van der Waals surface area contributed by atoms with Crippen LogP contribution in [0.15, 0.2) is 29.3 Å². The van der Waals surface area contributed by atoms with Crippen molar-refractivity contribution in [2.45, 2.75) is 13.0 Å². The van der Waals surface area contributed by atoms with Crippen LogP contribution in [0.2, 0.25) is 0 Å². The van der Waals surface area contributed by atoms with Crippen LogP contribution in [0.4, 0.5) is 4.39 Å². The lowest BCUT2D eigenvalue weighted by Gasteiger charge is -2.21. The normalized spacial score (nSPS) is 18.9. The van der Waals surface area contributed by atoms with E-state index < -0.39 is 6.10 Å². The molecule has 1 fully saturated rings. The molecule has 1 atom stereocenters. The van der Waals surface area contributed by atoms with Gasteiger partial charge in [-0.1, -0.05) is 23.9 Å². The number of amidine groups is 1. The van der Waals surface area contributed by atoms with Crippen LogP contribution < -0.4 is 0 Å². The van der Waals surface area contributed by atoms with E-state index in [0.29, 0.717) is 17.3 Å². The van der Waals surface area contributed by atoms with Crippen LogP contribution in [-0.2, 0) is 4.79 Å². The average molecular weight is 282 g/mol. The molecule has 1 aromatic rings. The van der Waals surface area contributed by atoms with Crippen LogP contribution in [-0.4, -0.2) is 39.9 Å². The first-order valence-corrected chi connectivity index (χ1v) is 6.95. The van der Waals surface area contributed by atoms with Crippen LogP contribution in [0.1, 0.15) is 18.6 Å². The second-order valence-corrected chi connectivity index (χ2v) is 5.34. The molecule has 19 heavy (non-hydrogen) atoms. The van der Waals surface area contributed by atoms with Crippen LogP contribution in [0.3, 0.4) is 0 Å². The lowest BCUT2D eigenvalue weighted by Crippen LogP contribution is -2.30. The summed E-state index contributed by atoms with van der Waals surface area (Å²) in [6.07, 6.45) is -0.726. The van der Waals surface area contributed by atoms with Gasteiger partial charge in [0, 0.05) is 19.2 Å². The van der Waals surface area contributed by atoms with Gasteiger partial charge >= 0.3 is 0 Å². The Morgan fingerprint density at radius 2 is 2.21 bits per heavy atom. The molecule has 0 aliphatic carbocycles.